The van der Waals surface area contributed by atoms with E-state index in [1.54, 1.807) is 47.1 Å². The molecule has 1 atom stereocenters. The fourth-order valence-corrected chi connectivity index (χ4v) is 3.96. The van der Waals surface area contributed by atoms with Gasteiger partial charge in [0.1, 0.15) is 23.2 Å². The number of carbonyl (C=O) groups is 1. The van der Waals surface area contributed by atoms with Crippen LogP contribution in [-0.4, -0.2) is 15.7 Å². The van der Waals surface area contributed by atoms with Crippen molar-refractivity contribution in [1.82, 2.24) is 9.78 Å². The van der Waals surface area contributed by atoms with E-state index in [1.807, 2.05) is 37.3 Å². The van der Waals surface area contributed by atoms with E-state index in [-0.39, 0.29) is 11.7 Å². The molecule has 5 nitrogen and oxygen atoms in total. The minimum Gasteiger partial charge on any atom is -0.339 e. The zero-order valence-corrected chi connectivity index (χ0v) is 18.5. The summed E-state index contributed by atoms with van der Waals surface area (Å²) < 4.78 is 16.4. The van der Waals surface area contributed by atoms with Gasteiger partial charge in [-0.1, -0.05) is 59.6 Å². The number of amides is 1. The van der Waals surface area contributed by atoms with Crippen molar-refractivity contribution in [2.75, 3.05) is 10.6 Å². The number of carbonyl (C=O) groups excluding carboxylic acids is 1. The first-order chi connectivity index (χ1) is 16.0. The number of allylic oxidation sites excluding steroid dienone is 1. The van der Waals surface area contributed by atoms with Crippen LogP contribution in [0.4, 0.5) is 15.9 Å². The predicted octanol–water partition coefficient (Wildman–Crippen LogP) is 6.29. The molecule has 0 bridgehead atoms. The molecule has 0 fully saturated rings. The largest absolute Gasteiger partial charge is 0.339 e. The zero-order valence-electron chi connectivity index (χ0n) is 17.7. The van der Waals surface area contributed by atoms with Crippen molar-refractivity contribution in [3.05, 3.63) is 118 Å². The fourth-order valence-electron chi connectivity index (χ4n) is 3.83. The second-order valence-corrected chi connectivity index (χ2v) is 8.29. The van der Waals surface area contributed by atoms with E-state index in [2.05, 4.69) is 15.7 Å². The van der Waals surface area contributed by atoms with Gasteiger partial charge in [0.05, 0.1) is 6.20 Å². The Hall–Kier alpha value is -3.90. The lowest BCUT2D eigenvalue weighted by Crippen LogP contribution is -2.22. The standard InChI is InChI=1S/C26H20ClFN4O/c1-16-6-8-17(9-7-16)23-14-24(20-4-2-3-5-22(20)28)32-25(31-23)21(15-29-32)26(33)30-19-12-10-18(27)11-13-19/h2-15,24,31H,1H3,(H,30,33). The Bertz CT molecular complexity index is 1360. The maximum absolute atomic E-state index is 14.8. The number of benzene rings is 3. The summed E-state index contributed by atoms with van der Waals surface area (Å²) in [6.07, 6.45) is 3.41. The first-order valence-electron chi connectivity index (χ1n) is 10.4. The highest BCUT2D eigenvalue weighted by Gasteiger charge is 2.29. The topological polar surface area (TPSA) is 59.0 Å². The molecule has 3 aromatic carbocycles. The molecular weight excluding hydrogens is 439 g/mol. The van der Waals surface area contributed by atoms with Gasteiger partial charge in [0, 0.05) is 22.0 Å². The molecule has 0 saturated carbocycles. The van der Waals surface area contributed by atoms with Gasteiger partial charge in [-0.2, -0.15) is 5.10 Å². The van der Waals surface area contributed by atoms with Crippen molar-refractivity contribution in [2.24, 2.45) is 0 Å². The Labute approximate surface area is 195 Å². The molecule has 4 aromatic rings. The third-order valence-electron chi connectivity index (χ3n) is 5.57. The second-order valence-electron chi connectivity index (χ2n) is 7.85. The normalized spacial score (nSPS) is 14.8. The fraction of sp³-hybridized carbons (Fsp3) is 0.0769. The Morgan fingerprint density at radius 2 is 1.79 bits per heavy atom. The molecule has 2 heterocycles. The molecule has 1 aliphatic rings. The van der Waals surface area contributed by atoms with E-state index in [0.29, 0.717) is 27.7 Å². The van der Waals surface area contributed by atoms with Gasteiger partial charge in [0.25, 0.3) is 5.91 Å². The number of nitrogens with one attached hydrogen (secondary N) is 2. The highest BCUT2D eigenvalue weighted by atomic mass is 35.5. The van der Waals surface area contributed by atoms with Crippen LogP contribution >= 0.6 is 11.6 Å². The van der Waals surface area contributed by atoms with E-state index in [9.17, 15) is 9.18 Å². The summed E-state index contributed by atoms with van der Waals surface area (Å²) in [4.78, 5) is 13.1. The van der Waals surface area contributed by atoms with Gasteiger partial charge < -0.3 is 10.6 Å². The number of halogens is 2. The molecule has 0 spiro atoms. The number of hydrogen-bond donors (Lipinski definition) is 2. The van der Waals surface area contributed by atoms with Crippen LogP contribution in [0.5, 0.6) is 0 Å². The predicted molar refractivity (Wildman–Crippen MR) is 129 cm³/mol. The van der Waals surface area contributed by atoms with Crippen LogP contribution in [-0.2, 0) is 0 Å². The minimum absolute atomic E-state index is 0.330. The van der Waals surface area contributed by atoms with E-state index in [1.165, 1.54) is 12.3 Å². The molecule has 33 heavy (non-hydrogen) atoms. The maximum atomic E-state index is 14.8. The first kappa shape index (κ1) is 21.0. The van der Waals surface area contributed by atoms with E-state index < -0.39 is 6.04 Å². The third kappa shape index (κ3) is 4.13. The van der Waals surface area contributed by atoms with E-state index >= 15 is 0 Å². The van der Waals surface area contributed by atoms with Crippen LogP contribution in [0.1, 0.15) is 33.1 Å². The molecule has 2 N–H and O–H groups in total. The summed E-state index contributed by atoms with van der Waals surface area (Å²) in [7, 11) is 0. The van der Waals surface area contributed by atoms with Crippen molar-refractivity contribution in [1.29, 1.82) is 0 Å². The third-order valence-corrected chi connectivity index (χ3v) is 5.82. The number of nitrogens with zero attached hydrogens (tertiary/aromatic N) is 2. The van der Waals surface area contributed by atoms with Crippen molar-refractivity contribution in [3.8, 4) is 0 Å². The Balaban J connectivity index is 1.56. The van der Waals surface area contributed by atoms with Crippen LogP contribution in [0.15, 0.2) is 85.1 Å². The van der Waals surface area contributed by atoms with Crippen molar-refractivity contribution >= 4 is 34.7 Å². The number of fused-ring (bicyclic) bond motifs is 1. The van der Waals surface area contributed by atoms with Crippen molar-refractivity contribution in [2.45, 2.75) is 13.0 Å². The smallest absolute Gasteiger partial charge is 0.261 e. The van der Waals surface area contributed by atoms with Gasteiger partial charge in [-0.25, -0.2) is 9.07 Å². The second kappa shape index (κ2) is 8.56. The number of anilines is 2. The number of hydrogen-bond acceptors (Lipinski definition) is 3. The van der Waals surface area contributed by atoms with Crippen LogP contribution < -0.4 is 10.6 Å². The highest BCUT2D eigenvalue weighted by molar-refractivity contribution is 6.30. The quantitative estimate of drug-likeness (QED) is 0.377. The molecule has 0 saturated heterocycles. The van der Waals surface area contributed by atoms with Gasteiger partial charge >= 0.3 is 0 Å². The summed E-state index contributed by atoms with van der Waals surface area (Å²) in [5, 5.41) is 11.2. The highest BCUT2D eigenvalue weighted by Crippen LogP contribution is 2.36. The average Bonchev–Trinajstić information content (AvgIpc) is 3.25. The Kier molecular flexibility index (Phi) is 5.44. The Morgan fingerprint density at radius 3 is 2.52 bits per heavy atom. The van der Waals surface area contributed by atoms with Crippen LogP contribution in [0.25, 0.3) is 5.70 Å². The van der Waals surface area contributed by atoms with Gasteiger partial charge in [0.15, 0.2) is 0 Å². The van der Waals surface area contributed by atoms with Gasteiger partial charge in [-0.15, -0.1) is 0 Å². The zero-order chi connectivity index (χ0) is 22.9. The monoisotopic (exact) mass is 458 g/mol. The molecule has 5 rings (SSSR count). The number of aromatic nitrogens is 2. The Morgan fingerprint density at radius 1 is 1.06 bits per heavy atom. The molecule has 1 unspecified atom stereocenters. The van der Waals surface area contributed by atoms with E-state index in [0.717, 1.165) is 16.8 Å². The summed E-state index contributed by atoms with van der Waals surface area (Å²) >= 11 is 5.94. The lowest BCUT2D eigenvalue weighted by atomic mass is 10.00. The molecule has 7 heteroatoms. The summed E-state index contributed by atoms with van der Waals surface area (Å²) in [5.41, 5.74) is 4.27. The molecule has 1 aromatic heterocycles. The maximum Gasteiger partial charge on any atom is 0.261 e. The number of rotatable bonds is 4. The lowest BCUT2D eigenvalue weighted by Gasteiger charge is -2.26. The molecule has 1 amide bonds. The summed E-state index contributed by atoms with van der Waals surface area (Å²) in [5.74, 6) is -0.172. The first-order valence-corrected chi connectivity index (χ1v) is 10.8. The molecular formula is C26H20ClFN4O. The molecule has 1 aliphatic heterocycles. The SMILES string of the molecule is Cc1ccc(C2=CC(c3ccccc3F)n3ncc(C(=O)Nc4ccc(Cl)cc4)c3N2)cc1. The van der Waals surface area contributed by atoms with Crippen LogP contribution in [0.2, 0.25) is 5.02 Å². The molecule has 164 valence electrons. The van der Waals surface area contributed by atoms with Gasteiger partial charge in [-0.05, 0) is 48.9 Å². The van der Waals surface area contributed by atoms with Gasteiger partial charge in [-0.3, -0.25) is 4.79 Å². The molecule has 0 aliphatic carbocycles. The lowest BCUT2D eigenvalue weighted by molar-refractivity contribution is 0.102. The summed E-state index contributed by atoms with van der Waals surface area (Å²) in [6.45, 7) is 2.02. The number of aryl methyl sites for hydroxylation is 1. The van der Waals surface area contributed by atoms with Crippen LogP contribution in [0.3, 0.4) is 0 Å². The van der Waals surface area contributed by atoms with Crippen molar-refractivity contribution in [3.63, 3.8) is 0 Å². The average molecular weight is 459 g/mol. The van der Waals surface area contributed by atoms with Crippen molar-refractivity contribution < 1.29 is 9.18 Å². The summed E-state index contributed by atoms with van der Waals surface area (Å²) in [6, 6.07) is 20.9. The minimum atomic E-state index is -0.518. The van der Waals surface area contributed by atoms with E-state index in [4.69, 9.17) is 11.6 Å². The van der Waals surface area contributed by atoms with Crippen LogP contribution in [0, 0.1) is 12.7 Å². The molecule has 0 radical (unpaired) electrons. The van der Waals surface area contributed by atoms with Gasteiger partial charge in [0.2, 0.25) is 0 Å².